The van der Waals surface area contributed by atoms with Crippen LogP contribution in [0.15, 0.2) is 65.1 Å². The number of nitrogens with one attached hydrogen (secondary N) is 2. The van der Waals surface area contributed by atoms with Crippen molar-refractivity contribution in [2.45, 2.75) is 13.3 Å². The molecule has 3 aromatic carbocycles. The zero-order valence-electron chi connectivity index (χ0n) is 18.8. The number of aryl methyl sites for hydroxylation is 1. The smallest absolute Gasteiger partial charge is 0.319 e. The summed E-state index contributed by atoms with van der Waals surface area (Å²) in [5.74, 6) is -0.607. The number of rotatable bonds is 6. The van der Waals surface area contributed by atoms with Gasteiger partial charge in [0.15, 0.2) is 0 Å². The first-order valence-electron chi connectivity index (χ1n) is 11.1. The van der Waals surface area contributed by atoms with Crippen molar-refractivity contribution in [3.8, 4) is 10.6 Å². The highest BCUT2D eigenvalue weighted by Gasteiger charge is 2.34. The van der Waals surface area contributed by atoms with E-state index >= 15 is 0 Å². The predicted octanol–water partition coefficient (Wildman–Crippen LogP) is 5.84. The fraction of sp³-hybridized carbons (Fsp3) is 0.154. The summed E-state index contributed by atoms with van der Waals surface area (Å²) in [5, 5.41) is 6.50. The van der Waals surface area contributed by atoms with Crippen molar-refractivity contribution in [1.82, 2.24) is 15.2 Å². The summed E-state index contributed by atoms with van der Waals surface area (Å²) < 4.78 is 1.90. The van der Waals surface area contributed by atoms with Crippen LogP contribution >= 0.6 is 27.3 Å². The van der Waals surface area contributed by atoms with Crippen molar-refractivity contribution >= 4 is 61.0 Å². The van der Waals surface area contributed by atoms with Gasteiger partial charge in [-0.3, -0.25) is 14.5 Å². The molecule has 9 heteroatoms. The number of thiazole rings is 1. The molecular formula is C26H21BrN4O3S. The normalized spacial score (nSPS) is 12.8. The first kappa shape index (κ1) is 23.2. The van der Waals surface area contributed by atoms with E-state index in [1.807, 2.05) is 30.3 Å². The van der Waals surface area contributed by atoms with E-state index in [2.05, 4.69) is 50.6 Å². The van der Waals surface area contributed by atoms with E-state index in [0.717, 1.165) is 25.3 Å². The van der Waals surface area contributed by atoms with Gasteiger partial charge in [-0.15, -0.1) is 11.3 Å². The van der Waals surface area contributed by atoms with Crippen LogP contribution in [0.2, 0.25) is 0 Å². The third-order valence-electron chi connectivity index (χ3n) is 5.71. The minimum atomic E-state index is -0.348. The van der Waals surface area contributed by atoms with Crippen molar-refractivity contribution in [3.63, 3.8) is 0 Å². The second kappa shape index (κ2) is 9.59. The zero-order valence-corrected chi connectivity index (χ0v) is 21.2. The highest BCUT2D eigenvalue weighted by atomic mass is 79.9. The van der Waals surface area contributed by atoms with E-state index in [-0.39, 0.29) is 24.4 Å². The summed E-state index contributed by atoms with van der Waals surface area (Å²) in [7, 11) is 0. The van der Waals surface area contributed by atoms with Gasteiger partial charge in [-0.1, -0.05) is 22.0 Å². The molecule has 0 radical (unpaired) electrons. The Hall–Kier alpha value is -3.56. The first-order valence-corrected chi connectivity index (χ1v) is 12.7. The van der Waals surface area contributed by atoms with Crippen molar-refractivity contribution in [3.05, 3.63) is 81.8 Å². The minimum absolute atomic E-state index is 0.237. The number of carbonyl (C=O) groups excluding carboxylic acids is 3. The Kier molecular flexibility index (Phi) is 6.36. The number of urea groups is 1. The largest absolute Gasteiger partial charge is 0.338 e. The monoisotopic (exact) mass is 548 g/mol. The Morgan fingerprint density at radius 2 is 1.77 bits per heavy atom. The summed E-state index contributed by atoms with van der Waals surface area (Å²) in [6.07, 6.45) is 0.454. The first-order chi connectivity index (χ1) is 16.9. The van der Waals surface area contributed by atoms with Gasteiger partial charge in [0.1, 0.15) is 5.01 Å². The summed E-state index contributed by atoms with van der Waals surface area (Å²) in [6.45, 7) is 2.63. The fourth-order valence-corrected chi connectivity index (χ4v) is 5.36. The van der Waals surface area contributed by atoms with Gasteiger partial charge in [-0.2, -0.15) is 0 Å². The van der Waals surface area contributed by atoms with Crippen LogP contribution in [0.5, 0.6) is 0 Å². The number of halogens is 1. The number of imide groups is 1. The molecule has 1 aliphatic rings. The number of hydrogen-bond donors (Lipinski definition) is 2. The highest BCUT2D eigenvalue weighted by molar-refractivity contribution is 9.10. The van der Waals surface area contributed by atoms with Crippen molar-refractivity contribution in [2.75, 3.05) is 18.4 Å². The van der Waals surface area contributed by atoms with Crippen LogP contribution in [0.1, 0.15) is 32.7 Å². The Morgan fingerprint density at radius 1 is 1.00 bits per heavy atom. The van der Waals surface area contributed by atoms with E-state index in [0.29, 0.717) is 29.8 Å². The molecule has 0 fully saturated rings. The topological polar surface area (TPSA) is 91.4 Å². The van der Waals surface area contributed by atoms with Gasteiger partial charge in [0, 0.05) is 28.8 Å². The lowest BCUT2D eigenvalue weighted by Crippen LogP contribution is -2.35. The molecule has 2 heterocycles. The van der Waals surface area contributed by atoms with Crippen LogP contribution < -0.4 is 10.6 Å². The van der Waals surface area contributed by atoms with E-state index in [4.69, 9.17) is 0 Å². The lowest BCUT2D eigenvalue weighted by atomic mass is 10.1. The van der Waals surface area contributed by atoms with Crippen molar-refractivity contribution in [1.29, 1.82) is 0 Å². The molecule has 5 rings (SSSR count). The standard InChI is InChI=1S/C26H21BrN4O3S/c1-15-3-10-21-22(13-15)35-23(30-21)16-4-7-18(8-5-16)29-26(34)28-11-2-12-31-24(32)19-9-6-17(27)14-20(19)25(31)33/h3-10,13-14H,2,11-12H2,1H3,(H2,28,29,34). The molecule has 0 bridgehead atoms. The molecule has 7 nitrogen and oxygen atoms in total. The number of fused-ring (bicyclic) bond motifs is 2. The molecule has 1 aromatic heterocycles. The molecule has 0 unspecified atom stereocenters. The number of hydrogen-bond acceptors (Lipinski definition) is 5. The number of anilines is 1. The van der Waals surface area contributed by atoms with Gasteiger partial charge < -0.3 is 10.6 Å². The molecule has 1 aliphatic heterocycles. The van der Waals surface area contributed by atoms with E-state index in [1.165, 1.54) is 10.5 Å². The van der Waals surface area contributed by atoms with Crippen molar-refractivity contribution in [2.24, 2.45) is 0 Å². The lowest BCUT2D eigenvalue weighted by Gasteiger charge is -2.14. The minimum Gasteiger partial charge on any atom is -0.338 e. The van der Waals surface area contributed by atoms with E-state index < -0.39 is 0 Å². The molecule has 0 aliphatic carbocycles. The van der Waals surface area contributed by atoms with Crippen LogP contribution in [-0.2, 0) is 0 Å². The lowest BCUT2D eigenvalue weighted by molar-refractivity contribution is 0.0653. The van der Waals surface area contributed by atoms with Gasteiger partial charge in [0.05, 0.1) is 21.3 Å². The molecule has 0 saturated carbocycles. The number of aromatic nitrogens is 1. The molecule has 0 spiro atoms. The summed E-state index contributed by atoms with van der Waals surface area (Å²) in [4.78, 5) is 43.2. The molecule has 176 valence electrons. The van der Waals surface area contributed by atoms with Crippen LogP contribution in [0, 0.1) is 6.92 Å². The Bertz CT molecular complexity index is 1470. The molecular weight excluding hydrogens is 528 g/mol. The number of carbonyl (C=O) groups is 3. The molecule has 4 amide bonds. The molecule has 4 aromatic rings. The molecule has 2 N–H and O–H groups in total. The van der Waals surface area contributed by atoms with Gasteiger partial charge in [-0.05, 0) is 73.5 Å². The molecule has 0 atom stereocenters. The molecule has 0 saturated heterocycles. The van der Waals surface area contributed by atoms with Crippen LogP contribution in [0.25, 0.3) is 20.8 Å². The maximum Gasteiger partial charge on any atom is 0.319 e. The van der Waals surface area contributed by atoms with Gasteiger partial charge >= 0.3 is 6.03 Å². The van der Waals surface area contributed by atoms with E-state index in [9.17, 15) is 14.4 Å². The van der Waals surface area contributed by atoms with Crippen LogP contribution in [0.4, 0.5) is 10.5 Å². The Labute approximate surface area is 214 Å². The summed E-state index contributed by atoms with van der Waals surface area (Å²) in [5.41, 5.74) is 4.64. The second-order valence-corrected chi connectivity index (χ2v) is 10.2. The second-order valence-electron chi connectivity index (χ2n) is 8.25. The zero-order chi connectivity index (χ0) is 24.5. The van der Waals surface area contributed by atoms with Crippen molar-refractivity contribution < 1.29 is 14.4 Å². The fourth-order valence-electron chi connectivity index (χ4n) is 3.93. The average Bonchev–Trinajstić information content (AvgIpc) is 3.36. The maximum absolute atomic E-state index is 12.5. The van der Waals surface area contributed by atoms with Gasteiger partial charge in [0.25, 0.3) is 11.8 Å². The number of nitrogens with zero attached hydrogens (tertiary/aromatic N) is 2. The average molecular weight is 549 g/mol. The Morgan fingerprint density at radius 3 is 2.57 bits per heavy atom. The third-order valence-corrected chi connectivity index (χ3v) is 7.27. The number of amides is 4. The summed E-state index contributed by atoms with van der Waals surface area (Å²) in [6, 6.07) is 18.4. The van der Waals surface area contributed by atoms with E-state index in [1.54, 1.807) is 29.5 Å². The number of benzene rings is 3. The highest BCUT2D eigenvalue weighted by Crippen LogP contribution is 2.31. The maximum atomic E-state index is 12.5. The predicted molar refractivity (Wildman–Crippen MR) is 141 cm³/mol. The van der Waals surface area contributed by atoms with Crippen LogP contribution in [-0.4, -0.2) is 40.8 Å². The quantitative estimate of drug-likeness (QED) is 0.234. The third kappa shape index (κ3) is 4.82. The Balaban J connectivity index is 1.11. The van der Waals surface area contributed by atoms with Gasteiger partial charge in [0.2, 0.25) is 0 Å². The molecule has 35 heavy (non-hydrogen) atoms. The van der Waals surface area contributed by atoms with Crippen LogP contribution in [0.3, 0.4) is 0 Å². The SMILES string of the molecule is Cc1ccc2nc(-c3ccc(NC(=O)NCCCN4C(=O)c5ccc(Br)cc5C4=O)cc3)sc2c1. The van der Waals surface area contributed by atoms with Gasteiger partial charge in [-0.25, -0.2) is 9.78 Å². The summed E-state index contributed by atoms with van der Waals surface area (Å²) >= 11 is 4.97.